The van der Waals surface area contributed by atoms with E-state index in [-0.39, 0.29) is 22.5 Å². The number of hydrogen-bond donors (Lipinski definition) is 0. The summed E-state index contributed by atoms with van der Waals surface area (Å²) in [6, 6.07) is 11.5. The Hall–Kier alpha value is -2.45. The summed E-state index contributed by atoms with van der Waals surface area (Å²) in [5, 5.41) is 16.4. The molecule has 9 heteroatoms. The summed E-state index contributed by atoms with van der Waals surface area (Å²) in [4.78, 5) is 22.4. The van der Waals surface area contributed by atoms with Crippen LogP contribution in [0.3, 0.4) is 0 Å². The smallest absolute Gasteiger partial charge is 0.288 e. The Balaban J connectivity index is 1.97. The van der Waals surface area contributed by atoms with Crippen LogP contribution >= 0.6 is 27.5 Å². The van der Waals surface area contributed by atoms with Crippen LogP contribution in [0.15, 0.2) is 52.0 Å². The van der Waals surface area contributed by atoms with Crippen LogP contribution < -0.4 is 0 Å². The molecule has 2 aromatic carbocycles. The number of hydrazone groups is 1. The number of nitro groups is 1. The minimum atomic E-state index is -0.740. The highest BCUT2D eigenvalue weighted by Gasteiger charge is 2.33. The molecule has 0 saturated heterocycles. The number of hydrogen-bond acceptors (Lipinski definition) is 5. The highest BCUT2D eigenvalue weighted by molar-refractivity contribution is 9.10. The summed E-state index contributed by atoms with van der Waals surface area (Å²) in [5.41, 5.74) is 0.828. The molecule has 0 aromatic heterocycles. The molecule has 1 atom stereocenters. The van der Waals surface area contributed by atoms with Gasteiger partial charge in [0.15, 0.2) is 0 Å². The Bertz CT molecular complexity index is 885. The predicted octanol–water partition coefficient (Wildman–Crippen LogP) is 4.25. The molecule has 1 unspecified atom stereocenters. The van der Waals surface area contributed by atoms with Crippen molar-refractivity contribution in [2.24, 2.45) is 5.10 Å². The molecule has 1 aliphatic heterocycles. The van der Waals surface area contributed by atoms with E-state index >= 15 is 0 Å². The molecule has 1 heterocycles. The lowest BCUT2D eigenvalue weighted by molar-refractivity contribution is -0.384. The van der Waals surface area contributed by atoms with Gasteiger partial charge in [0, 0.05) is 28.6 Å². The van der Waals surface area contributed by atoms with Crippen molar-refractivity contribution in [3.63, 3.8) is 0 Å². The molecule has 0 saturated carbocycles. The zero-order chi connectivity index (χ0) is 18.1. The average molecular weight is 425 g/mol. The van der Waals surface area contributed by atoms with Gasteiger partial charge in [-0.05, 0) is 24.3 Å². The third-order valence-electron chi connectivity index (χ3n) is 3.51. The molecule has 3 rings (SSSR count). The number of carbonyl (C=O) groups excluding carboxylic acids is 1. The van der Waals surface area contributed by atoms with Crippen LogP contribution in [0.2, 0.25) is 5.02 Å². The molecule has 128 valence electrons. The van der Waals surface area contributed by atoms with Gasteiger partial charge < -0.3 is 4.74 Å². The van der Waals surface area contributed by atoms with Crippen molar-refractivity contribution < 1.29 is 14.5 Å². The Labute approximate surface area is 156 Å². The first kappa shape index (κ1) is 17.4. The lowest BCUT2D eigenvalue weighted by atomic mass is 10.2. The topological polar surface area (TPSA) is 85.0 Å². The van der Waals surface area contributed by atoms with Crippen LogP contribution in [-0.2, 0) is 9.53 Å². The van der Waals surface area contributed by atoms with Gasteiger partial charge in [-0.25, -0.2) is 0 Å². The number of rotatable bonds is 3. The van der Waals surface area contributed by atoms with Crippen molar-refractivity contribution in [1.29, 1.82) is 0 Å². The maximum Gasteiger partial charge on any atom is 0.288 e. The van der Waals surface area contributed by atoms with Crippen molar-refractivity contribution in [2.45, 2.75) is 13.2 Å². The normalized spacial score (nSPS) is 16.4. The zero-order valence-electron chi connectivity index (χ0n) is 12.8. The predicted molar refractivity (Wildman–Crippen MR) is 95.1 cm³/mol. The van der Waals surface area contributed by atoms with Gasteiger partial charge in [0.1, 0.15) is 5.02 Å². The Morgan fingerprint density at radius 2 is 2.00 bits per heavy atom. The number of benzene rings is 2. The monoisotopic (exact) mass is 423 g/mol. The molecule has 25 heavy (non-hydrogen) atoms. The Morgan fingerprint density at radius 3 is 2.60 bits per heavy atom. The molecule has 0 bridgehead atoms. The minimum absolute atomic E-state index is 0.0141. The van der Waals surface area contributed by atoms with E-state index in [4.69, 9.17) is 16.3 Å². The molecule has 0 fully saturated rings. The summed E-state index contributed by atoms with van der Waals surface area (Å²) in [7, 11) is 0. The van der Waals surface area contributed by atoms with Gasteiger partial charge in [-0.3, -0.25) is 14.9 Å². The first-order chi connectivity index (χ1) is 11.9. The standard InChI is InChI=1S/C16H11BrClN3O4/c1-9(22)20-16(10-2-5-12(17)6-3-10)25-15(19-20)11-4-7-13(18)14(8-11)21(23)24/h2-8,16H,1H3. The lowest BCUT2D eigenvalue weighted by Crippen LogP contribution is -2.25. The van der Waals surface area contributed by atoms with Crippen molar-refractivity contribution in [1.82, 2.24) is 5.01 Å². The highest BCUT2D eigenvalue weighted by Crippen LogP contribution is 2.33. The van der Waals surface area contributed by atoms with E-state index in [0.717, 1.165) is 10.0 Å². The fraction of sp³-hybridized carbons (Fsp3) is 0.125. The van der Waals surface area contributed by atoms with Crippen LogP contribution in [0.4, 0.5) is 5.69 Å². The van der Waals surface area contributed by atoms with Crippen molar-refractivity contribution in [3.8, 4) is 0 Å². The largest absolute Gasteiger partial charge is 0.446 e. The highest BCUT2D eigenvalue weighted by atomic mass is 79.9. The second-order valence-corrected chi connectivity index (χ2v) is 6.54. The first-order valence-electron chi connectivity index (χ1n) is 7.11. The van der Waals surface area contributed by atoms with E-state index < -0.39 is 11.2 Å². The van der Waals surface area contributed by atoms with E-state index in [1.807, 2.05) is 12.1 Å². The van der Waals surface area contributed by atoms with Gasteiger partial charge in [0.2, 0.25) is 18.0 Å². The van der Waals surface area contributed by atoms with Gasteiger partial charge >= 0.3 is 0 Å². The average Bonchev–Trinajstić information content (AvgIpc) is 3.01. The van der Waals surface area contributed by atoms with Crippen LogP contribution in [0, 0.1) is 10.1 Å². The van der Waals surface area contributed by atoms with E-state index in [1.54, 1.807) is 18.2 Å². The molecule has 1 aliphatic rings. The molecule has 0 radical (unpaired) electrons. The van der Waals surface area contributed by atoms with E-state index in [2.05, 4.69) is 21.0 Å². The summed E-state index contributed by atoms with van der Waals surface area (Å²) in [6.07, 6.45) is -0.740. The second kappa shape index (κ2) is 6.81. The third kappa shape index (κ3) is 3.49. The molecular formula is C16H11BrClN3O4. The second-order valence-electron chi connectivity index (χ2n) is 5.21. The molecule has 1 amide bonds. The molecule has 7 nitrogen and oxygen atoms in total. The maximum atomic E-state index is 11.9. The fourth-order valence-electron chi connectivity index (χ4n) is 2.31. The van der Waals surface area contributed by atoms with Crippen LogP contribution in [0.25, 0.3) is 0 Å². The number of ether oxygens (including phenoxy) is 1. The van der Waals surface area contributed by atoms with E-state index in [9.17, 15) is 14.9 Å². The summed E-state index contributed by atoms with van der Waals surface area (Å²) < 4.78 is 6.68. The first-order valence-corrected chi connectivity index (χ1v) is 8.29. The Morgan fingerprint density at radius 1 is 1.32 bits per heavy atom. The van der Waals surface area contributed by atoms with Crippen molar-refractivity contribution in [2.75, 3.05) is 0 Å². The molecule has 0 aliphatic carbocycles. The van der Waals surface area contributed by atoms with Gasteiger partial charge in [-0.2, -0.15) is 5.01 Å². The number of amides is 1. The Kier molecular flexibility index (Phi) is 4.73. The quantitative estimate of drug-likeness (QED) is 0.544. The maximum absolute atomic E-state index is 11.9. The summed E-state index contributed by atoms with van der Waals surface area (Å²) in [6.45, 7) is 1.37. The zero-order valence-corrected chi connectivity index (χ0v) is 15.2. The van der Waals surface area contributed by atoms with Gasteiger partial charge in [-0.1, -0.05) is 39.7 Å². The van der Waals surface area contributed by atoms with Gasteiger partial charge in [-0.15, -0.1) is 5.10 Å². The number of carbonyl (C=O) groups is 1. The minimum Gasteiger partial charge on any atom is -0.446 e. The fourth-order valence-corrected chi connectivity index (χ4v) is 2.76. The SMILES string of the molecule is CC(=O)N1N=C(c2ccc(Cl)c([N+](=O)[O-])c2)OC1c1ccc(Br)cc1. The van der Waals surface area contributed by atoms with Crippen molar-refractivity contribution >= 4 is 45.0 Å². The van der Waals surface area contributed by atoms with E-state index in [1.165, 1.54) is 24.1 Å². The van der Waals surface area contributed by atoms with Crippen LogP contribution in [0.5, 0.6) is 0 Å². The summed E-state index contributed by atoms with van der Waals surface area (Å²) >= 11 is 9.17. The number of nitro benzene ring substituents is 1. The molecule has 0 spiro atoms. The van der Waals surface area contributed by atoms with Crippen LogP contribution in [0.1, 0.15) is 24.3 Å². The van der Waals surface area contributed by atoms with E-state index in [0.29, 0.717) is 5.56 Å². The number of nitrogens with zero attached hydrogens (tertiary/aromatic N) is 3. The molecule has 2 aromatic rings. The van der Waals surface area contributed by atoms with Crippen LogP contribution in [-0.4, -0.2) is 21.7 Å². The lowest BCUT2D eigenvalue weighted by Gasteiger charge is -2.19. The molecule has 0 N–H and O–H groups in total. The van der Waals surface area contributed by atoms with Gasteiger partial charge in [0.05, 0.1) is 4.92 Å². The van der Waals surface area contributed by atoms with Crippen molar-refractivity contribution in [3.05, 3.63) is 73.2 Å². The molecular weight excluding hydrogens is 414 g/mol. The third-order valence-corrected chi connectivity index (χ3v) is 4.36. The van der Waals surface area contributed by atoms with Gasteiger partial charge in [0.25, 0.3) is 5.69 Å². The number of halogens is 2. The summed E-state index contributed by atoms with van der Waals surface area (Å²) in [5.74, 6) is -0.200.